The Morgan fingerprint density at radius 1 is 1.45 bits per heavy atom. The number of anilines is 1. The van der Waals surface area contributed by atoms with Crippen LogP contribution >= 0.6 is 0 Å². The van der Waals surface area contributed by atoms with Gasteiger partial charge >= 0.3 is 0 Å². The minimum absolute atomic E-state index is 0.277. The number of nitrogen functional groups attached to an aromatic ring is 1. The number of nitrogens with two attached hydrogens (primary N) is 1. The van der Waals surface area contributed by atoms with E-state index in [1.807, 2.05) is 5.43 Å². The molecule has 1 rings (SSSR count). The molecule has 10 heteroatoms. The average Bonchev–Trinajstić information content (AvgIpc) is 2.43. The summed E-state index contributed by atoms with van der Waals surface area (Å²) < 4.78 is 13.4. The van der Waals surface area contributed by atoms with Crippen LogP contribution in [0.1, 0.15) is 10.4 Å². The fourth-order valence-electron chi connectivity index (χ4n) is 1.35. The topological polar surface area (TPSA) is 139 Å². The lowest BCUT2D eigenvalue weighted by Crippen LogP contribution is -2.35. The summed E-state index contributed by atoms with van der Waals surface area (Å²) in [4.78, 5) is 32.7. The highest BCUT2D eigenvalue weighted by Crippen LogP contribution is 2.25. The Labute approximate surface area is 112 Å². The van der Waals surface area contributed by atoms with Crippen molar-refractivity contribution in [3.8, 4) is 0 Å². The molecule has 0 spiro atoms. The van der Waals surface area contributed by atoms with Crippen molar-refractivity contribution >= 4 is 23.2 Å². The molecule has 0 bridgehead atoms. The van der Waals surface area contributed by atoms with E-state index in [4.69, 9.17) is 5.84 Å². The average molecular weight is 285 g/mol. The van der Waals surface area contributed by atoms with Crippen LogP contribution in [0.2, 0.25) is 0 Å². The third-order valence-corrected chi connectivity index (χ3v) is 2.37. The second-order valence-corrected chi connectivity index (χ2v) is 3.61. The van der Waals surface area contributed by atoms with Crippen molar-refractivity contribution in [1.29, 1.82) is 0 Å². The van der Waals surface area contributed by atoms with Crippen LogP contribution in [0, 0.1) is 15.9 Å². The molecule has 0 unspecified atom stereocenters. The SMILES string of the molecule is CNC(=O)CNC(=O)c1cc(NN)c(F)cc1[N+](=O)[O-]. The Kier molecular flexibility index (Phi) is 4.92. The van der Waals surface area contributed by atoms with Gasteiger partial charge in [-0.2, -0.15) is 0 Å². The molecule has 5 N–H and O–H groups in total. The third kappa shape index (κ3) is 3.38. The van der Waals surface area contributed by atoms with E-state index in [-0.39, 0.29) is 12.2 Å². The van der Waals surface area contributed by atoms with Crippen molar-refractivity contribution in [2.24, 2.45) is 5.84 Å². The minimum Gasteiger partial charge on any atom is -0.358 e. The Morgan fingerprint density at radius 3 is 2.60 bits per heavy atom. The Morgan fingerprint density at radius 2 is 2.10 bits per heavy atom. The van der Waals surface area contributed by atoms with E-state index in [0.717, 1.165) is 6.07 Å². The number of nitrogens with one attached hydrogen (secondary N) is 3. The molecule has 0 aliphatic heterocycles. The van der Waals surface area contributed by atoms with Crippen LogP contribution in [0.15, 0.2) is 12.1 Å². The number of hydrazine groups is 1. The monoisotopic (exact) mass is 285 g/mol. The molecule has 0 heterocycles. The fraction of sp³-hybridized carbons (Fsp3) is 0.200. The molecule has 0 aliphatic rings. The Hall–Kier alpha value is -2.75. The maximum atomic E-state index is 13.4. The molecule has 20 heavy (non-hydrogen) atoms. The van der Waals surface area contributed by atoms with Crippen molar-refractivity contribution in [1.82, 2.24) is 10.6 Å². The summed E-state index contributed by atoms with van der Waals surface area (Å²) in [5, 5.41) is 15.2. The number of halogens is 1. The molecule has 1 aromatic carbocycles. The zero-order chi connectivity index (χ0) is 15.3. The number of nitro groups is 1. The fourth-order valence-corrected chi connectivity index (χ4v) is 1.35. The summed E-state index contributed by atoms with van der Waals surface area (Å²) in [7, 11) is 1.37. The summed E-state index contributed by atoms with van der Waals surface area (Å²) >= 11 is 0. The standard InChI is InChI=1S/C10H12FN5O4/c1-13-9(17)4-14-10(18)5-2-7(15-12)6(11)3-8(5)16(19)20/h2-3,15H,4,12H2,1H3,(H,13,17)(H,14,18). The number of nitro benzene ring substituents is 1. The molecule has 0 saturated carbocycles. The van der Waals surface area contributed by atoms with Crippen LogP contribution in [0.25, 0.3) is 0 Å². The summed E-state index contributed by atoms with van der Waals surface area (Å²) in [5.74, 6) is 2.69. The van der Waals surface area contributed by atoms with Crippen LogP contribution in [0.3, 0.4) is 0 Å². The first-order chi connectivity index (χ1) is 9.40. The number of hydrogen-bond donors (Lipinski definition) is 4. The van der Waals surface area contributed by atoms with Crippen molar-refractivity contribution in [2.45, 2.75) is 0 Å². The van der Waals surface area contributed by atoms with Gasteiger partial charge in [0.05, 0.1) is 23.2 Å². The molecular formula is C10H12FN5O4. The number of nitrogens with zero attached hydrogens (tertiary/aromatic N) is 1. The molecule has 0 aromatic heterocycles. The van der Waals surface area contributed by atoms with Gasteiger partial charge in [0.1, 0.15) is 5.56 Å². The van der Waals surface area contributed by atoms with Crippen LogP contribution in [-0.4, -0.2) is 30.3 Å². The van der Waals surface area contributed by atoms with Crippen LogP contribution < -0.4 is 21.9 Å². The zero-order valence-corrected chi connectivity index (χ0v) is 10.4. The molecule has 0 atom stereocenters. The number of amides is 2. The lowest BCUT2D eigenvalue weighted by atomic mass is 10.1. The maximum Gasteiger partial charge on any atom is 0.285 e. The second-order valence-electron chi connectivity index (χ2n) is 3.61. The second kappa shape index (κ2) is 6.43. The van der Waals surface area contributed by atoms with Crippen molar-refractivity contribution in [3.05, 3.63) is 33.6 Å². The summed E-state index contributed by atoms with van der Waals surface area (Å²) in [5.41, 5.74) is 0.564. The first kappa shape index (κ1) is 15.3. The van der Waals surface area contributed by atoms with Crippen molar-refractivity contribution in [3.63, 3.8) is 0 Å². The predicted molar refractivity (Wildman–Crippen MR) is 67.3 cm³/mol. The van der Waals surface area contributed by atoms with Gasteiger partial charge in [-0.25, -0.2) is 4.39 Å². The molecule has 1 aromatic rings. The Bertz CT molecular complexity index is 563. The molecular weight excluding hydrogens is 273 g/mol. The minimum atomic E-state index is -0.970. The zero-order valence-electron chi connectivity index (χ0n) is 10.4. The van der Waals surface area contributed by atoms with Crippen molar-refractivity contribution < 1.29 is 18.9 Å². The van der Waals surface area contributed by atoms with E-state index in [1.54, 1.807) is 0 Å². The van der Waals surface area contributed by atoms with E-state index in [0.29, 0.717) is 6.07 Å². The number of hydrogen-bond acceptors (Lipinski definition) is 6. The van der Waals surface area contributed by atoms with Gasteiger partial charge in [0, 0.05) is 7.05 Å². The first-order valence-corrected chi connectivity index (χ1v) is 5.34. The molecule has 0 radical (unpaired) electrons. The predicted octanol–water partition coefficient (Wildman–Crippen LogP) is -0.505. The van der Waals surface area contributed by atoms with E-state index < -0.39 is 33.8 Å². The van der Waals surface area contributed by atoms with Crippen LogP contribution in [0.5, 0.6) is 0 Å². The highest BCUT2D eigenvalue weighted by molar-refractivity contribution is 6.00. The highest BCUT2D eigenvalue weighted by atomic mass is 19.1. The normalized spacial score (nSPS) is 9.75. The van der Waals surface area contributed by atoms with Crippen molar-refractivity contribution in [2.75, 3.05) is 19.0 Å². The lowest BCUT2D eigenvalue weighted by molar-refractivity contribution is -0.385. The summed E-state index contributed by atoms with van der Waals surface area (Å²) in [6, 6.07) is 1.47. The quantitative estimate of drug-likeness (QED) is 0.326. The van der Waals surface area contributed by atoms with Gasteiger partial charge in [-0.1, -0.05) is 0 Å². The van der Waals surface area contributed by atoms with E-state index in [2.05, 4.69) is 10.6 Å². The molecule has 9 nitrogen and oxygen atoms in total. The lowest BCUT2D eigenvalue weighted by Gasteiger charge is -2.08. The van der Waals surface area contributed by atoms with E-state index in [1.165, 1.54) is 7.05 Å². The molecule has 2 amide bonds. The smallest absolute Gasteiger partial charge is 0.285 e. The molecule has 0 fully saturated rings. The van der Waals surface area contributed by atoms with E-state index in [9.17, 15) is 24.1 Å². The third-order valence-electron chi connectivity index (χ3n) is 2.37. The van der Waals surface area contributed by atoms with Gasteiger partial charge in [-0.3, -0.25) is 25.5 Å². The molecule has 0 aliphatic carbocycles. The van der Waals surface area contributed by atoms with Gasteiger partial charge in [0.2, 0.25) is 5.91 Å². The van der Waals surface area contributed by atoms with Crippen LogP contribution in [-0.2, 0) is 4.79 Å². The van der Waals surface area contributed by atoms with Crippen LogP contribution in [0.4, 0.5) is 15.8 Å². The largest absolute Gasteiger partial charge is 0.358 e. The first-order valence-electron chi connectivity index (χ1n) is 5.34. The highest BCUT2D eigenvalue weighted by Gasteiger charge is 2.23. The Balaban J connectivity index is 3.11. The maximum absolute atomic E-state index is 13.4. The number of likely N-dealkylation sites (N-methyl/N-ethyl adjacent to an activating group) is 1. The van der Waals surface area contributed by atoms with Gasteiger partial charge < -0.3 is 16.1 Å². The number of benzene rings is 1. The molecule has 0 saturated heterocycles. The van der Waals surface area contributed by atoms with E-state index >= 15 is 0 Å². The molecule has 108 valence electrons. The number of carbonyl (C=O) groups excluding carboxylic acids is 2. The van der Waals surface area contributed by atoms with Gasteiger partial charge in [0.25, 0.3) is 11.6 Å². The van der Waals surface area contributed by atoms with Gasteiger partial charge in [-0.15, -0.1) is 0 Å². The number of rotatable bonds is 5. The van der Waals surface area contributed by atoms with Gasteiger partial charge in [-0.05, 0) is 6.07 Å². The van der Waals surface area contributed by atoms with Gasteiger partial charge in [0.15, 0.2) is 5.82 Å². The summed E-state index contributed by atoms with van der Waals surface area (Å²) in [6.07, 6.45) is 0. The number of carbonyl (C=O) groups is 2. The summed E-state index contributed by atoms with van der Waals surface area (Å²) in [6.45, 7) is -0.366.